The highest BCUT2D eigenvalue weighted by Crippen LogP contribution is 2.31. The van der Waals surface area contributed by atoms with E-state index in [0.29, 0.717) is 5.69 Å². The van der Waals surface area contributed by atoms with Crippen LogP contribution in [-0.2, 0) is 0 Å². The van der Waals surface area contributed by atoms with Crippen LogP contribution in [-0.4, -0.2) is 11.0 Å². The number of carbonyl (C=O) groups is 1. The van der Waals surface area contributed by atoms with Crippen LogP contribution in [0.2, 0.25) is 0 Å². The first kappa shape index (κ1) is 17.2. The van der Waals surface area contributed by atoms with E-state index in [1.807, 2.05) is 24.3 Å². The molecular weight excluding hydrogens is 361 g/mol. The SMILES string of the molecule is Cc1ccc2nc(-c3ccc(NC(=O)Nc4ccccc4F)cc3)sc2c1. The van der Waals surface area contributed by atoms with Crippen LogP contribution in [0.25, 0.3) is 20.8 Å². The second kappa shape index (κ2) is 7.17. The van der Waals surface area contributed by atoms with Gasteiger partial charge in [0.15, 0.2) is 0 Å². The van der Waals surface area contributed by atoms with Crippen molar-refractivity contribution in [3.63, 3.8) is 0 Å². The first-order valence-corrected chi connectivity index (χ1v) is 9.20. The maximum Gasteiger partial charge on any atom is 0.323 e. The van der Waals surface area contributed by atoms with Crippen molar-refractivity contribution >= 4 is 39.0 Å². The molecule has 1 aromatic heterocycles. The summed E-state index contributed by atoms with van der Waals surface area (Å²) < 4.78 is 14.7. The van der Waals surface area contributed by atoms with Gasteiger partial charge in [0.25, 0.3) is 0 Å². The van der Waals surface area contributed by atoms with Crippen LogP contribution in [0.1, 0.15) is 5.56 Å². The van der Waals surface area contributed by atoms with Crippen LogP contribution in [0, 0.1) is 12.7 Å². The van der Waals surface area contributed by atoms with Gasteiger partial charge >= 0.3 is 6.03 Å². The second-order valence-corrected chi connectivity index (χ2v) is 7.16. The van der Waals surface area contributed by atoms with Gasteiger partial charge in [-0.3, -0.25) is 0 Å². The number of thiazole rings is 1. The van der Waals surface area contributed by atoms with Gasteiger partial charge in [-0.25, -0.2) is 14.2 Å². The van der Waals surface area contributed by atoms with Crippen molar-refractivity contribution in [1.82, 2.24) is 4.98 Å². The summed E-state index contributed by atoms with van der Waals surface area (Å²) in [7, 11) is 0. The number of hydrogen-bond donors (Lipinski definition) is 2. The Morgan fingerprint density at radius 2 is 1.78 bits per heavy atom. The standard InChI is InChI=1S/C21H16FN3OS/c1-13-6-11-18-19(12-13)27-20(24-18)14-7-9-15(10-8-14)23-21(26)25-17-5-3-2-4-16(17)22/h2-12H,1H3,(H2,23,25,26). The molecule has 2 N–H and O–H groups in total. The first-order chi connectivity index (χ1) is 13.1. The number of halogens is 1. The Morgan fingerprint density at radius 1 is 1.00 bits per heavy atom. The zero-order valence-electron chi connectivity index (χ0n) is 14.5. The normalized spacial score (nSPS) is 10.7. The third-order valence-electron chi connectivity index (χ3n) is 4.06. The number of fused-ring (bicyclic) bond motifs is 1. The first-order valence-electron chi connectivity index (χ1n) is 8.39. The third kappa shape index (κ3) is 3.80. The van der Waals surface area contributed by atoms with Crippen LogP contribution in [0.15, 0.2) is 66.7 Å². The molecule has 4 nitrogen and oxygen atoms in total. The molecule has 0 unspecified atom stereocenters. The number of nitrogens with one attached hydrogen (secondary N) is 2. The average Bonchev–Trinajstić information content (AvgIpc) is 3.07. The van der Waals surface area contributed by atoms with Crippen molar-refractivity contribution in [3.8, 4) is 10.6 Å². The minimum absolute atomic E-state index is 0.136. The van der Waals surface area contributed by atoms with E-state index in [9.17, 15) is 9.18 Å². The largest absolute Gasteiger partial charge is 0.323 e. The fourth-order valence-corrected chi connectivity index (χ4v) is 3.77. The Kier molecular flexibility index (Phi) is 4.56. The highest BCUT2D eigenvalue weighted by molar-refractivity contribution is 7.21. The quantitative estimate of drug-likeness (QED) is 0.456. The fourth-order valence-electron chi connectivity index (χ4n) is 2.70. The summed E-state index contributed by atoms with van der Waals surface area (Å²) in [5.41, 5.74) is 3.92. The summed E-state index contributed by atoms with van der Waals surface area (Å²) in [6, 6.07) is 19.1. The lowest BCUT2D eigenvalue weighted by Crippen LogP contribution is -2.20. The number of aryl methyl sites for hydroxylation is 1. The van der Waals surface area contributed by atoms with Crippen LogP contribution in [0.3, 0.4) is 0 Å². The number of urea groups is 1. The van der Waals surface area contributed by atoms with E-state index in [0.717, 1.165) is 20.8 Å². The second-order valence-electron chi connectivity index (χ2n) is 6.13. The highest BCUT2D eigenvalue weighted by Gasteiger charge is 2.09. The van der Waals surface area contributed by atoms with E-state index in [1.165, 1.54) is 17.7 Å². The van der Waals surface area contributed by atoms with Gasteiger partial charge in [-0.15, -0.1) is 11.3 Å². The molecule has 0 saturated carbocycles. The number of carbonyl (C=O) groups excluding carboxylic acids is 1. The van der Waals surface area contributed by atoms with Gasteiger partial charge in [-0.1, -0.05) is 18.2 Å². The predicted octanol–water partition coefficient (Wildman–Crippen LogP) is 6.05. The van der Waals surface area contributed by atoms with Gasteiger partial charge in [-0.2, -0.15) is 0 Å². The van der Waals surface area contributed by atoms with Crippen molar-refractivity contribution in [2.24, 2.45) is 0 Å². The van der Waals surface area contributed by atoms with E-state index < -0.39 is 11.8 Å². The lowest BCUT2D eigenvalue weighted by molar-refractivity contribution is 0.262. The Hall–Kier alpha value is -3.25. The fraction of sp³-hybridized carbons (Fsp3) is 0.0476. The smallest absolute Gasteiger partial charge is 0.308 e. The van der Waals surface area contributed by atoms with Gasteiger partial charge in [-0.05, 0) is 61.0 Å². The molecule has 2 amide bonds. The van der Waals surface area contributed by atoms with E-state index >= 15 is 0 Å². The van der Waals surface area contributed by atoms with Crippen LogP contribution < -0.4 is 10.6 Å². The summed E-state index contributed by atoms with van der Waals surface area (Å²) in [5.74, 6) is -0.478. The van der Waals surface area contributed by atoms with Gasteiger partial charge in [0.2, 0.25) is 0 Å². The Morgan fingerprint density at radius 3 is 2.56 bits per heavy atom. The molecule has 27 heavy (non-hydrogen) atoms. The molecule has 0 radical (unpaired) electrons. The molecule has 3 aromatic carbocycles. The number of anilines is 2. The number of benzene rings is 3. The Labute approximate surface area is 159 Å². The number of amides is 2. The molecule has 0 bridgehead atoms. The molecule has 0 saturated heterocycles. The minimum Gasteiger partial charge on any atom is -0.308 e. The zero-order chi connectivity index (χ0) is 18.8. The Bertz CT molecular complexity index is 1120. The third-order valence-corrected chi connectivity index (χ3v) is 5.12. The molecule has 0 aliphatic heterocycles. The van der Waals surface area contributed by atoms with E-state index in [2.05, 4.69) is 28.6 Å². The number of rotatable bonds is 3. The maximum absolute atomic E-state index is 13.6. The zero-order valence-corrected chi connectivity index (χ0v) is 15.3. The molecule has 4 rings (SSSR count). The van der Waals surface area contributed by atoms with Gasteiger partial charge in [0.05, 0.1) is 15.9 Å². The minimum atomic E-state index is -0.497. The topological polar surface area (TPSA) is 54.0 Å². The lowest BCUT2D eigenvalue weighted by Gasteiger charge is -2.08. The number of nitrogens with zero attached hydrogens (tertiary/aromatic N) is 1. The van der Waals surface area contributed by atoms with Crippen molar-refractivity contribution in [2.75, 3.05) is 10.6 Å². The van der Waals surface area contributed by atoms with Crippen molar-refractivity contribution in [1.29, 1.82) is 0 Å². The monoisotopic (exact) mass is 377 g/mol. The number of aromatic nitrogens is 1. The summed E-state index contributed by atoms with van der Waals surface area (Å²) in [6.07, 6.45) is 0. The van der Waals surface area contributed by atoms with Crippen molar-refractivity contribution < 1.29 is 9.18 Å². The molecule has 134 valence electrons. The summed E-state index contributed by atoms with van der Waals surface area (Å²) in [4.78, 5) is 16.7. The van der Waals surface area contributed by atoms with Crippen molar-refractivity contribution in [2.45, 2.75) is 6.92 Å². The lowest BCUT2D eigenvalue weighted by atomic mass is 10.2. The molecule has 0 aliphatic carbocycles. The van der Waals surface area contributed by atoms with E-state index in [1.54, 1.807) is 35.6 Å². The van der Waals surface area contributed by atoms with Crippen LogP contribution in [0.5, 0.6) is 0 Å². The molecule has 1 heterocycles. The highest BCUT2D eigenvalue weighted by atomic mass is 32.1. The maximum atomic E-state index is 13.6. The molecule has 0 atom stereocenters. The predicted molar refractivity (Wildman–Crippen MR) is 109 cm³/mol. The van der Waals surface area contributed by atoms with E-state index in [-0.39, 0.29) is 5.69 Å². The molecule has 6 heteroatoms. The van der Waals surface area contributed by atoms with Crippen molar-refractivity contribution in [3.05, 3.63) is 78.1 Å². The summed E-state index contributed by atoms with van der Waals surface area (Å²) in [5, 5.41) is 6.12. The summed E-state index contributed by atoms with van der Waals surface area (Å²) in [6.45, 7) is 2.06. The molecule has 0 aliphatic rings. The van der Waals surface area contributed by atoms with Gasteiger partial charge in [0.1, 0.15) is 10.8 Å². The molecule has 4 aromatic rings. The van der Waals surface area contributed by atoms with Gasteiger partial charge in [0, 0.05) is 11.3 Å². The molecule has 0 fully saturated rings. The van der Waals surface area contributed by atoms with Gasteiger partial charge < -0.3 is 10.6 Å². The van der Waals surface area contributed by atoms with Crippen LogP contribution in [0.4, 0.5) is 20.6 Å². The van der Waals surface area contributed by atoms with E-state index in [4.69, 9.17) is 0 Å². The molecule has 0 spiro atoms. The molecular formula is C21H16FN3OS. The average molecular weight is 377 g/mol. The number of hydrogen-bond acceptors (Lipinski definition) is 3. The number of para-hydroxylation sites is 1. The summed E-state index contributed by atoms with van der Waals surface area (Å²) >= 11 is 1.64. The van der Waals surface area contributed by atoms with Crippen LogP contribution >= 0.6 is 11.3 Å². The Balaban J connectivity index is 1.48.